The van der Waals surface area contributed by atoms with Crippen LogP contribution in [0.4, 0.5) is 17.1 Å². The number of carboxylic acids is 2. The molecule has 69 heavy (non-hydrogen) atoms. The van der Waals surface area contributed by atoms with Crippen molar-refractivity contribution >= 4 is 91.5 Å². The predicted molar refractivity (Wildman–Crippen MR) is 257 cm³/mol. The number of anilines is 3. The van der Waals surface area contributed by atoms with E-state index in [0.29, 0.717) is 82.7 Å². The van der Waals surface area contributed by atoms with Gasteiger partial charge in [0.1, 0.15) is 11.1 Å². The number of hydrogen-bond donors (Lipinski definition) is 6. The van der Waals surface area contributed by atoms with Crippen molar-refractivity contribution in [3.8, 4) is 16.2 Å². The van der Waals surface area contributed by atoms with E-state index in [1.807, 2.05) is 19.9 Å². The second kappa shape index (κ2) is 19.9. The molecule has 8 rings (SSSR count). The number of nitrogens with zero attached hydrogens (tertiary/aromatic N) is 2. The number of piperidine rings is 2. The number of amides is 5. The first kappa shape index (κ1) is 49.1. The monoisotopic (exact) mass is 1000 g/mol. The average Bonchev–Trinajstić information content (AvgIpc) is 3.81. The minimum absolute atomic E-state index is 0.0101. The molecule has 6 N–H and O–H groups in total. The Morgan fingerprint density at radius 3 is 2.25 bits per heavy atom. The van der Waals surface area contributed by atoms with E-state index in [1.165, 1.54) is 9.21 Å². The lowest BCUT2D eigenvalue weighted by Gasteiger charge is -2.45. The van der Waals surface area contributed by atoms with E-state index < -0.39 is 46.1 Å². The molecule has 1 aromatic heterocycles. The van der Waals surface area contributed by atoms with Crippen LogP contribution in [0.25, 0.3) is 10.4 Å². The smallest absolute Gasteiger partial charge is 0.349 e. The van der Waals surface area contributed by atoms with Crippen LogP contribution in [0.15, 0.2) is 66.7 Å². The van der Waals surface area contributed by atoms with E-state index in [4.69, 9.17) is 21.4 Å². The molecule has 3 fully saturated rings. The third-order valence-corrected chi connectivity index (χ3v) is 16.9. The molecule has 2 saturated heterocycles. The summed E-state index contributed by atoms with van der Waals surface area (Å²) < 4.78 is 34.8. The highest BCUT2D eigenvalue weighted by molar-refractivity contribution is 7.88. The molecule has 0 bridgehead atoms. The van der Waals surface area contributed by atoms with Crippen molar-refractivity contribution < 1.29 is 56.9 Å². The molecule has 5 amide bonds. The summed E-state index contributed by atoms with van der Waals surface area (Å²) in [5, 5.41) is 30.5. The summed E-state index contributed by atoms with van der Waals surface area (Å²) in [6.07, 6.45) is 3.15. The van der Waals surface area contributed by atoms with Gasteiger partial charge in [-0.15, -0.1) is 11.3 Å². The van der Waals surface area contributed by atoms with E-state index >= 15 is 0 Å². The maximum atomic E-state index is 14.0. The zero-order valence-corrected chi connectivity index (χ0v) is 40.1. The van der Waals surface area contributed by atoms with Gasteiger partial charge in [-0.2, -0.15) is 4.31 Å². The van der Waals surface area contributed by atoms with E-state index in [1.54, 1.807) is 60.7 Å². The Hall–Kier alpha value is -6.35. The van der Waals surface area contributed by atoms with Crippen molar-refractivity contribution in [2.75, 3.05) is 29.1 Å². The van der Waals surface area contributed by atoms with Crippen LogP contribution in [-0.2, 0) is 46.3 Å². The van der Waals surface area contributed by atoms with Gasteiger partial charge in [0.15, 0.2) is 17.2 Å². The Kier molecular flexibility index (Phi) is 14.2. The van der Waals surface area contributed by atoms with Gasteiger partial charge in [-0.1, -0.05) is 41.9 Å². The summed E-state index contributed by atoms with van der Waals surface area (Å²) in [5.41, 5.74) is 2.96. The predicted octanol–water partition coefficient (Wildman–Crippen LogP) is 6.56. The fraction of sp³-hybridized carbons (Fsp3) is 0.396. The number of carbonyl (C=O) groups excluding carboxylic acids is 5. The van der Waals surface area contributed by atoms with Gasteiger partial charge >= 0.3 is 11.9 Å². The maximum absolute atomic E-state index is 14.0. The summed E-state index contributed by atoms with van der Waals surface area (Å²) in [7, 11) is -3.83. The topological polar surface area (TPSA) is 258 Å². The molecule has 21 heteroatoms. The van der Waals surface area contributed by atoms with Gasteiger partial charge in [0, 0.05) is 71.1 Å². The SMILES string of the molecule is CC1(C)C[C@@H](Nc2cccc(-c3sc(C(=O)O)c(OCC(=O)O)c3Cl)c2)CCN1S(=O)(=O)Cc1cccc(NC(=O)C2CCC(C(=O)Nc3cccc4c3CN([C@H]3CCC(=O)NC3=O)C4=O)CC2)c1. The molecule has 4 aliphatic rings. The van der Waals surface area contributed by atoms with Crippen LogP contribution in [0.5, 0.6) is 5.75 Å². The summed E-state index contributed by atoms with van der Waals surface area (Å²) in [6, 6.07) is 18.1. The Balaban J connectivity index is 0.828. The van der Waals surface area contributed by atoms with Crippen LogP contribution >= 0.6 is 22.9 Å². The van der Waals surface area contributed by atoms with Gasteiger partial charge in [0.2, 0.25) is 33.7 Å². The number of hydrogen-bond acceptors (Lipinski definition) is 12. The zero-order chi connectivity index (χ0) is 49.4. The molecule has 18 nitrogen and oxygen atoms in total. The van der Waals surface area contributed by atoms with Crippen molar-refractivity contribution in [1.29, 1.82) is 0 Å². The molecule has 3 aromatic carbocycles. The van der Waals surface area contributed by atoms with Crippen LogP contribution in [0.2, 0.25) is 5.02 Å². The lowest BCUT2D eigenvalue weighted by Crippen LogP contribution is -2.55. The number of carbonyl (C=O) groups is 7. The summed E-state index contributed by atoms with van der Waals surface area (Å²) in [5.74, 6) is -5.48. The van der Waals surface area contributed by atoms with Crippen molar-refractivity contribution in [1.82, 2.24) is 14.5 Å². The molecule has 0 unspecified atom stereocenters. The van der Waals surface area contributed by atoms with Crippen molar-refractivity contribution in [2.45, 2.75) is 95.1 Å². The highest BCUT2D eigenvalue weighted by atomic mass is 35.5. The van der Waals surface area contributed by atoms with Crippen molar-refractivity contribution in [2.24, 2.45) is 11.8 Å². The molecular formula is C48H51ClN6O12S2. The maximum Gasteiger partial charge on any atom is 0.349 e. The molecule has 364 valence electrons. The lowest BCUT2D eigenvalue weighted by atomic mass is 9.81. The molecule has 4 aromatic rings. The normalized spacial score (nSPS) is 21.5. The Morgan fingerprint density at radius 2 is 1.57 bits per heavy atom. The number of aliphatic carboxylic acids is 1. The number of fused-ring (bicyclic) bond motifs is 1. The molecule has 1 saturated carbocycles. The quantitative estimate of drug-likeness (QED) is 0.0691. The Bertz CT molecular complexity index is 2860. The Labute approximate surface area is 406 Å². The highest BCUT2D eigenvalue weighted by Crippen LogP contribution is 2.46. The first-order chi connectivity index (χ1) is 32.8. The molecule has 3 aliphatic heterocycles. The fourth-order valence-electron chi connectivity index (χ4n) is 9.82. The van der Waals surface area contributed by atoms with E-state index in [2.05, 4.69) is 21.3 Å². The second-order valence-corrected chi connectivity index (χ2v) is 21.7. The third-order valence-electron chi connectivity index (χ3n) is 13.1. The molecule has 1 aliphatic carbocycles. The number of aromatic carboxylic acids is 1. The summed E-state index contributed by atoms with van der Waals surface area (Å²) in [6.45, 7) is 3.35. The first-order valence-corrected chi connectivity index (χ1v) is 25.3. The summed E-state index contributed by atoms with van der Waals surface area (Å²) >= 11 is 7.39. The molecule has 4 heterocycles. The standard InChI is InChI=1S/C48H51ClN6O12S2/c1-48(2)22-32(50-31-9-4-7-29(21-31)41-39(49)40(67-24-38(57)58)42(68-41)47(63)64)18-19-55(48)69(65,66)25-26-6-3-8-30(20-26)51-43(59)27-12-14-28(15-13-27)44(60)52-35-11-5-10-33-34(35)23-54(46(33)62)36-16-17-37(56)53-45(36)61/h3-11,20-21,27-28,32,36,50H,12-19,22-25H2,1-2H3,(H,51,59)(H,52,60)(H,57,58)(H,63,64)(H,53,56,61)/t27?,28?,32-,36-/m0/s1. The summed E-state index contributed by atoms with van der Waals surface area (Å²) in [4.78, 5) is 89.1. The van der Waals surface area contributed by atoms with E-state index in [0.717, 1.165) is 11.3 Å². The third kappa shape index (κ3) is 10.8. The van der Waals surface area contributed by atoms with Crippen LogP contribution < -0.4 is 26.0 Å². The second-order valence-electron chi connectivity index (χ2n) is 18.4. The number of benzene rings is 3. The number of nitrogens with one attached hydrogen (secondary N) is 4. The lowest BCUT2D eigenvalue weighted by molar-refractivity contribution is -0.139. The highest BCUT2D eigenvalue weighted by Gasteiger charge is 2.43. The largest absolute Gasteiger partial charge is 0.479 e. The molecule has 2 atom stereocenters. The van der Waals surface area contributed by atoms with Crippen LogP contribution in [-0.4, -0.2) is 100 Å². The van der Waals surface area contributed by atoms with Crippen LogP contribution in [0, 0.1) is 11.8 Å². The Morgan fingerprint density at radius 1 is 0.884 bits per heavy atom. The van der Waals surface area contributed by atoms with Crippen LogP contribution in [0.3, 0.4) is 0 Å². The number of imide groups is 1. The molecule has 0 radical (unpaired) electrons. The first-order valence-electron chi connectivity index (χ1n) is 22.5. The fourth-order valence-corrected chi connectivity index (χ4v) is 13.2. The average molecular weight is 1000 g/mol. The van der Waals surface area contributed by atoms with Crippen molar-refractivity contribution in [3.05, 3.63) is 93.3 Å². The minimum atomic E-state index is -3.83. The van der Waals surface area contributed by atoms with Gasteiger partial charge in [-0.3, -0.25) is 29.3 Å². The number of thiophene rings is 1. The number of ether oxygens (including phenoxy) is 1. The van der Waals surface area contributed by atoms with Gasteiger partial charge < -0.3 is 35.8 Å². The minimum Gasteiger partial charge on any atom is -0.479 e. The molecule has 0 spiro atoms. The van der Waals surface area contributed by atoms with E-state index in [9.17, 15) is 47.1 Å². The number of rotatable bonds is 15. The van der Waals surface area contributed by atoms with Gasteiger partial charge in [-0.25, -0.2) is 18.0 Å². The van der Waals surface area contributed by atoms with Crippen LogP contribution in [0.1, 0.15) is 96.4 Å². The van der Waals surface area contributed by atoms with E-state index in [-0.39, 0.29) is 88.8 Å². The van der Waals surface area contributed by atoms with Gasteiger partial charge in [-0.05, 0) is 106 Å². The number of halogens is 1. The molecular weight excluding hydrogens is 952 g/mol. The number of sulfonamides is 1. The number of carboxylic acid groups (broad SMARTS) is 2. The van der Waals surface area contributed by atoms with Gasteiger partial charge in [0.05, 0.1) is 10.6 Å². The van der Waals surface area contributed by atoms with Gasteiger partial charge in [0.25, 0.3) is 5.91 Å². The zero-order valence-electron chi connectivity index (χ0n) is 37.7. The van der Waals surface area contributed by atoms with Crippen molar-refractivity contribution in [3.63, 3.8) is 0 Å².